The van der Waals surface area contributed by atoms with Crippen LogP contribution < -0.4 is 11.2 Å². The molecule has 1 aromatic heterocycles. The maximum atomic E-state index is 12.0. The maximum Gasteiger partial charge on any atom is 0.329 e. The molecule has 0 amide bonds. The summed E-state index contributed by atoms with van der Waals surface area (Å²) in [7, 11) is 1.51. The van der Waals surface area contributed by atoms with Crippen LogP contribution in [0, 0.1) is 0 Å². The van der Waals surface area contributed by atoms with E-state index in [1.807, 2.05) is 13.8 Å². The van der Waals surface area contributed by atoms with Gasteiger partial charge in [-0.3, -0.25) is 14.3 Å². The second kappa shape index (κ2) is 5.32. The number of ether oxygens (including phenoxy) is 1. The molecule has 90 valence electrons. The first-order valence-electron chi connectivity index (χ1n) is 5.00. The van der Waals surface area contributed by atoms with E-state index in [2.05, 4.69) is 4.98 Å². The van der Waals surface area contributed by atoms with Gasteiger partial charge in [-0.2, -0.15) is 0 Å². The highest BCUT2D eigenvalue weighted by Gasteiger charge is 2.15. The average molecular weight is 247 g/mol. The molecule has 0 bridgehead atoms. The molecule has 0 aromatic carbocycles. The number of nitrogens with zero attached hydrogens (tertiary/aromatic N) is 1. The van der Waals surface area contributed by atoms with Gasteiger partial charge in [0.2, 0.25) is 0 Å². The molecule has 1 rings (SSSR count). The molecule has 5 nitrogen and oxygen atoms in total. The van der Waals surface area contributed by atoms with Crippen molar-refractivity contribution >= 4 is 11.6 Å². The van der Waals surface area contributed by atoms with Gasteiger partial charge in [0, 0.05) is 7.11 Å². The molecule has 0 fully saturated rings. The number of halogens is 1. The predicted molar refractivity (Wildman–Crippen MR) is 62.3 cm³/mol. The van der Waals surface area contributed by atoms with Gasteiger partial charge in [-0.15, -0.1) is 0 Å². The van der Waals surface area contributed by atoms with Gasteiger partial charge in [0.25, 0.3) is 5.56 Å². The quantitative estimate of drug-likeness (QED) is 0.805. The van der Waals surface area contributed by atoms with Crippen molar-refractivity contribution < 1.29 is 4.74 Å². The third-order valence-corrected chi connectivity index (χ3v) is 2.57. The molecule has 6 heteroatoms. The van der Waals surface area contributed by atoms with Gasteiger partial charge in [-0.25, -0.2) is 4.79 Å². The number of hydrogen-bond acceptors (Lipinski definition) is 3. The van der Waals surface area contributed by atoms with Gasteiger partial charge in [-0.1, -0.05) is 25.4 Å². The Bertz CT molecular complexity index is 476. The second-order valence-corrected chi connectivity index (χ2v) is 4.14. The van der Waals surface area contributed by atoms with E-state index in [0.717, 1.165) is 4.57 Å². The first kappa shape index (κ1) is 13.0. The number of methoxy groups -OCH3 is 1. The van der Waals surface area contributed by atoms with Gasteiger partial charge in [0.05, 0.1) is 18.7 Å². The molecule has 0 aliphatic carbocycles. The zero-order chi connectivity index (χ0) is 12.3. The molecule has 0 aliphatic rings. The van der Waals surface area contributed by atoms with Gasteiger partial charge < -0.3 is 4.74 Å². The molecule has 1 heterocycles. The summed E-state index contributed by atoms with van der Waals surface area (Å²) >= 11 is 5.84. The van der Waals surface area contributed by atoms with Crippen LogP contribution in [0.3, 0.4) is 0 Å². The Labute approximate surface area is 98.0 Å². The Kier molecular flexibility index (Phi) is 4.32. The molecule has 0 saturated carbocycles. The van der Waals surface area contributed by atoms with Crippen molar-refractivity contribution in [3.05, 3.63) is 31.6 Å². The van der Waals surface area contributed by atoms with Crippen molar-refractivity contribution in [1.82, 2.24) is 9.55 Å². The first-order valence-corrected chi connectivity index (χ1v) is 5.38. The summed E-state index contributed by atoms with van der Waals surface area (Å²) in [4.78, 5) is 25.9. The van der Waals surface area contributed by atoms with E-state index < -0.39 is 5.69 Å². The number of hydrogen-bond donors (Lipinski definition) is 1. The van der Waals surface area contributed by atoms with Crippen LogP contribution in [-0.4, -0.2) is 23.3 Å². The summed E-state index contributed by atoms with van der Waals surface area (Å²) in [6.07, 6.45) is 0. The predicted octanol–water partition coefficient (Wildman–Crippen LogP) is 0.960. The summed E-state index contributed by atoms with van der Waals surface area (Å²) in [6.45, 7) is 4.23. The Morgan fingerprint density at radius 2 is 2.06 bits per heavy atom. The largest absolute Gasteiger partial charge is 0.383 e. The van der Waals surface area contributed by atoms with Crippen molar-refractivity contribution in [2.75, 3.05) is 13.7 Å². The van der Waals surface area contributed by atoms with Crippen molar-refractivity contribution in [3.8, 4) is 0 Å². The number of aromatic amines is 1. The number of nitrogens with one attached hydrogen (secondary N) is 1. The highest BCUT2D eigenvalue weighted by molar-refractivity contribution is 6.30. The smallest absolute Gasteiger partial charge is 0.329 e. The molecule has 0 spiro atoms. The van der Waals surface area contributed by atoms with Crippen LogP contribution in [0.5, 0.6) is 0 Å². The van der Waals surface area contributed by atoms with Crippen molar-refractivity contribution in [2.45, 2.75) is 26.3 Å². The summed E-state index contributed by atoms with van der Waals surface area (Å²) in [5.41, 5.74) is -0.422. The van der Waals surface area contributed by atoms with Crippen LogP contribution in [0.2, 0.25) is 5.15 Å². The molecule has 0 saturated heterocycles. The molecule has 1 N–H and O–H groups in total. The maximum absolute atomic E-state index is 12.0. The van der Waals surface area contributed by atoms with Gasteiger partial charge in [-0.05, 0) is 5.92 Å². The molecular formula is C10H15ClN2O3. The second-order valence-electron chi connectivity index (χ2n) is 3.76. The standard InChI is InChI=1S/C10H15ClN2O3/c1-6(2)7-8(11)12-10(15)13(9(7)14)4-5-16-3/h6H,4-5H2,1-3H3,(H,12,15). The summed E-state index contributed by atoms with van der Waals surface area (Å²) in [6, 6.07) is 0. The van der Waals surface area contributed by atoms with E-state index in [-0.39, 0.29) is 23.2 Å². The third kappa shape index (κ3) is 2.54. The fraction of sp³-hybridized carbons (Fsp3) is 0.600. The van der Waals surface area contributed by atoms with Crippen LogP contribution in [-0.2, 0) is 11.3 Å². The van der Waals surface area contributed by atoms with Crippen LogP contribution >= 0.6 is 11.6 Å². The van der Waals surface area contributed by atoms with E-state index in [1.165, 1.54) is 7.11 Å². The molecule has 0 atom stereocenters. The molecule has 0 radical (unpaired) electrons. The van der Waals surface area contributed by atoms with E-state index in [4.69, 9.17) is 16.3 Å². The minimum Gasteiger partial charge on any atom is -0.383 e. The molecule has 1 aromatic rings. The lowest BCUT2D eigenvalue weighted by Gasteiger charge is -2.10. The summed E-state index contributed by atoms with van der Waals surface area (Å²) < 4.78 is 5.94. The highest BCUT2D eigenvalue weighted by atomic mass is 35.5. The van der Waals surface area contributed by atoms with Gasteiger partial charge in [0.1, 0.15) is 5.15 Å². The van der Waals surface area contributed by atoms with E-state index in [0.29, 0.717) is 12.2 Å². The fourth-order valence-electron chi connectivity index (χ4n) is 1.45. The molecule has 0 aliphatic heterocycles. The van der Waals surface area contributed by atoms with Gasteiger partial charge in [0.15, 0.2) is 0 Å². The Morgan fingerprint density at radius 1 is 1.44 bits per heavy atom. The number of H-pyrrole nitrogens is 1. The van der Waals surface area contributed by atoms with Crippen LogP contribution in [0.1, 0.15) is 25.3 Å². The summed E-state index contributed by atoms with van der Waals surface area (Å²) in [5.74, 6) is -0.0364. The Hall–Kier alpha value is -1.07. The van der Waals surface area contributed by atoms with Crippen molar-refractivity contribution in [2.24, 2.45) is 0 Å². The monoisotopic (exact) mass is 246 g/mol. The molecule has 16 heavy (non-hydrogen) atoms. The molecule has 0 unspecified atom stereocenters. The first-order chi connectivity index (χ1) is 7.49. The zero-order valence-electron chi connectivity index (χ0n) is 9.54. The van der Waals surface area contributed by atoms with Crippen LogP contribution in [0.15, 0.2) is 9.59 Å². The fourth-order valence-corrected chi connectivity index (χ4v) is 1.83. The SMILES string of the molecule is COCCn1c(=O)[nH]c(Cl)c(C(C)C)c1=O. The lowest BCUT2D eigenvalue weighted by Crippen LogP contribution is -2.38. The summed E-state index contributed by atoms with van der Waals surface area (Å²) in [5, 5.41) is 0.124. The Morgan fingerprint density at radius 3 is 2.56 bits per heavy atom. The van der Waals surface area contributed by atoms with Gasteiger partial charge >= 0.3 is 5.69 Å². The topological polar surface area (TPSA) is 64.1 Å². The Balaban J connectivity index is 3.34. The van der Waals surface area contributed by atoms with Crippen LogP contribution in [0.4, 0.5) is 0 Å². The minimum absolute atomic E-state index is 0.0364. The van der Waals surface area contributed by atoms with E-state index >= 15 is 0 Å². The van der Waals surface area contributed by atoms with E-state index in [9.17, 15) is 9.59 Å². The minimum atomic E-state index is -0.503. The van der Waals surface area contributed by atoms with Crippen LogP contribution in [0.25, 0.3) is 0 Å². The molecular weight excluding hydrogens is 232 g/mol. The average Bonchev–Trinajstić information content (AvgIpc) is 2.16. The normalized spacial score (nSPS) is 11.1. The lowest BCUT2D eigenvalue weighted by molar-refractivity contribution is 0.184. The highest BCUT2D eigenvalue weighted by Crippen LogP contribution is 2.16. The zero-order valence-corrected chi connectivity index (χ0v) is 10.3. The van der Waals surface area contributed by atoms with E-state index in [1.54, 1.807) is 0 Å². The number of rotatable bonds is 4. The van der Waals surface area contributed by atoms with Crippen molar-refractivity contribution in [3.63, 3.8) is 0 Å². The number of aromatic nitrogens is 2. The third-order valence-electron chi connectivity index (χ3n) is 2.27. The lowest BCUT2D eigenvalue weighted by atomic mass is 10.1. The van der Waals surface area contributed by atoms with Crippen molar-refractivity contribution in [1.29, 1.82) is 0 Å².